The lowest BCUT2D eigenvalue weighted by atomic mass is 9.96. The van der Waals surface area contributed by atoms with Gasteiger partial charge in [0, 0.05) is 0 Å². The van der Waals surface area contributed by atoms with Gasteiger partial charge in [-0.05, 0) is 67.9 Å². The summed E-state index contributed by atoms with van der Waals surface area (Å²) in [5.74, 6) is 3.76. The van der Waals surface area contributed by atoms with Crippen LogP contribution in [0.1, 0.15) is 51.4 Å². The number of thioether (sulfide) groups is 1. The normalized spacial score (nSPS) is 25.8. The van der Waals surface area contributed by atoms with Crippen LogP contribution in [-0.2, 0) is 4.74 Å². The summed E-state index contributed by atoms with van der Waals surface area (Å²) in [6.45, 7) is 0.935. The Morgan fingerprint density at radius 1 is 1.25 bits per heavy atom. The van der Waals surface area contributed by atoms with E-state index >= 15 is 0 Å². The number of hydrogen-bond acceptors (Lipinski definition) is 2. The molecule has 1 heterocycles. The summed E-state index contributed by atoms with van der Waals surface area (Å²) in [5, 5.41) is 0. The molecule has 2 rings (SSSR count). The molecule has 0 aromatic rings. The van der Waals surface area contributed by atoms with Crippen LogP contribution >= 0.6 is 11.8 Å². The van der Waals surface area contributed by atoms with Crippen LogP contribution in [0.3, 0.4) is 0 Å². The fourth-order valence-corrected chi connectivity index (χ4v) is 3.90. The van der Waals surface area contributed by atoms with Crippen molar-refractivity contribution in [3.63, 3.8) is 0 Å². The Balaban J connectivity index is 1.50. The molecule has 16 heavy (non-hydrogen) atoms. The van der Waals surface area contributed by atoms with E-state index < -0.39 is 0 Å². The molecule has 1 aliphatic heterocycles. The largest absolute Gasteiger partial charge is 0.501 e. The first-order valence-corrected chi connectivity index (χ1v) is 7.98. The van der Waals surface area contributed by atoms with Crippen molar-refractivity contribution in [2.45, 2.75) is 51.4 Å². The van der Waals surface area contributed by atoms with Crippen molar-refractivity contribution in [1.82, 2.24) is 0 Å². The van der Waals surface area contributed by atoms with E-state index in [0.717, 1.165) is 12.5 Å². The van der Waals surface area contributed by atoms with E-state index in [0.29, 0.717) is 0 Å². The van der Waals surface area contributed by atoms with Gasteiger partial charge in [0.15, 0.2) is 0 Å². The molecule has 1 saturated carbocycles. The SMILES string of the molecule is C(OCCCC1CCSC1)=C1CCCCC1. The molecule has 2 fully saturated rings. The summed E-state index contributed by atoms with van der Waals surface area (Å²) in [7, 11) is 0. The Morgan fingerprint density at radius 2 is 2.12 bits per heavy atom. The molecule has 0 aromatic carbocycles. The lowest BCUT2D eigenvalue weighted by Crippen LogP contribution is -2.00. The lowest BCUT2D eigenvalue weighted by molar-refractivity contribution is 0.230. The van der Waals surface area contributed by atoms with Gasteiger partial charge >= 0.3 is 0 Å². The second-order valence-corrected chi connectivity index (χ2v) is 6.23. The maximum absolute atomic E-state index is 5.66. The van der Waals surface area contributed by atoms with Crippen LogP contribution in [0.4, 0.5) is 0 Å². The summed E-state index contributed by atoms with van der Waals surface area (Å²) in [6, 6.07) is 0. The van der Waals surface area contributed by atoms with Crippen molar-refractivity contribution >= 4 is 11.8 Å². The van der Waals surface area contributed by atoms with Gasteiger partial charge in [0.2, 0.25) is 0 Å². The predicted molar refractivity (Wildman–Crippen MR) is 71.8 cm³/mol. The Morgan fingerprint density at radius 3 is 2.88 bits per heavy atom. The van der Waals surface area contributed by atoms with Crippen molar-refractivity contribution in [2.24, 2.45) is 5.92 Å². The molecule has 0 amide bonds. The van der Waals surface area contributed by atoms with Crippen LogP contribution in [0.2, 0.25) is 0 Å². The Bertz CT molecular complexity index is 211. The number of rotatable bonds is 5. The summed E-state index contributed by atoms with van der Waals surface area (Å²) < 4.78 is 5.66. The monoisotopic (exact) mass is 240 g/mol. The molecule has 1 unspecified atom stereocenters. The molecule has 1 nitrogen and oxygen atoms in total. The van der Waals surface area contributed by atoms with Gasteiger partial charge in [-0.25, -0.2) is 0 Å². The third kappa shape index (κ3) is 4.40. The Labute approximate surface area is 104 Å². The third-order valence-corrected chi connectivity index (χ3v) is 4.88. The molecule has 0 spiro atoms. The smallest absolute Gasteiger partial charge is 0.0873 e. The number of ether oxygens (including phenoxy) is 1. The highest BCUT2D eigenvalue weighted by Gasteiger charge is 2.14. The Kier molecular flexibility index (Phi) is 5.60. The predicted octanol–water partition coefficient (Wildman–Crippen LogP) is 4.38. The minimum atomic E-state index is 0.935. The molecule has 0 aromatic heterocycles. The molecular weight excluding hydrogens is 216 g/mol. The highest BCUT2D eigenvalue weighted by molar-refractivity contribution is 7.99. The summed E-state index contributed by atoms with van der Waals surface area (Å²) in [6.07, 6.45) is 12.8. The quantitative estimate of drug-likeness (QED) is 0.521. The van der Waals surface area contributed by atoms with Gasteiger partial charge < -0.3 is 4.74 Å². The highest BCUT2D eigenvalue weighted by atomic mass is 32.2. The van der Waals surface area contributed by atoms with E-state index in [1.807, 2.05) is 0 Å². The minimum Gasteiger partial charge on any atom is -0.501 e. The van der Waals surface area contributed by atoms with Gasteiger partial charge in [-0.1, -0.05) is 6.42 Å². The zero-order valence-electron chi connectivity index (χ0n) is 10.2. The maximum atomic E-state index is 5.66. The van der Waals surface area contributed by atoms with Gasteiger partial charge in [-0.3, -0.25) is 0 Å². The van der Waals surface area contributed by atoms with E-state index in [-0.39, 0.29) is 0 Å². The average molecular weight is 240 g/mol. The standard InChI is InChI=1S/C14H24OS/c1-2-5-13(6-3-1)11-15-9-4-7-14-8-10-16-12-14/h11,14H,1-10,12H2. The van der Waals surface area contributed by atoms with E-state index in [1.165, 1.54) is 62.9 Å². The number of hydrogen-bond donors (Lipinski definition) is 0. The second kappa shape index (κ2) is 7.26. The highest BCUT2D eigenvalue weighted by Crippen LogP contribution is 2.27. The second-order valence-electron chi connectivity index (χ2n) is 5.08. The first-order chi connectivity index (χ1) is 7.95. The lowest BCUT2D eigenvalue weighted by Gasteiger charge is -2.13. The van der Waals surface area contributed by atoms with Crippen LogP contribution < -0.4 is 0 Å². The molecule has 0 radical (unpaired) electrons. The van der Waals surface area contributed by atoms with Crippen molar-refractivity contribution in [3.05, 3.63) is 11.8 Å². The van der Waals surface area contributed by atoms with Gasteiger partial charge in [-0.15, -0.1) is 0 Å². The van der Waals surface area contributed by atoms with Gasteiger partial charge in [0.25, 0.3) is 0 Å². The molecule has 2 aliphatic rings. The fourth-order valence-electron chi connectivity index (χ4n) is 2.57. The zero-order chi connectivity index (χ0) is 11.1. The molecule has 0 bridgehead atoms. The fraction of sp³-hybridized carbons (Fsp3) is 0.857. The van der Waals surface area contributed by atoms with Gasteiger partial charge in [-0.2, -0.15) is 11.8 Å². The Hall–Kier alpha value is -0.110. The van der Waals surface area contributed by atoms with Crippen molar-refractivity contribution in [1.29, 1.82) is 0 Å². The molecule has 2 heteroatoms. The van der Waals surface area contributed by atoms with Crippen LogP contribution in [0.25, 0.3) is 0 Å². The minimum absolute atomic E-state index is 0.935. The van der Waals surface area contributed by atoms with Gasteiger partial charge in [0.1, 0.15) is 0 Å². The average Bonchev–Trinajstić information content (AvgIpc) is 2.83. The molecular formula is C14H24OS. The molecule has 0 N–H and O–H groups in total. The van der Waals surface area contributed by atoms with Crippen molar-refractivity contribution in [3.8, 4) is 0 Å². The van der Waals surface area contributed by atoms with E-state index in [2.05, 4.69) is 18.0 Å². The first-order valence-electron chi connectivity index (χ1n) is 6.82. The van der Waals surface area contributed by atoms with Crippen molar-refractivity contribution < 1.29 is 4.74 Å². The topological polar surface area (TPSA) is 9.23 Å². The zero-order valence-corrected chi connectivity index (χ0v) is 11.1. The molecule has 1 saturated heterocycles. The van der Waals surface area contributed by atoms with Crippen LogP contribution in [0.15, 0.2) is 11.8 Å². The van der Waals surface area contributed by atoms with E-state index in [9.17, 15) is 0 Å². The number of allylic oxidation sites excluding steroid dienone is 1. The molecule has 1 atom stereocenters. The maximum Gasteiger partial charge on any atom is 0.0873 e. The van der Waals surface area contributed by atoms with Crippen LogP contribution in [0, 0.1) is 5.92 Å². The van der Waals surface area contributed by atoms with E-state index in [4.69, 9.17) is 4.74 Å². The first kappa shape index (κ1) is 12.3. The van der Waals surface area contributed by atoms with Crippen molar-refractivity contribution in [2.75, 3.05) is 18.1 Å². The van der Waals surface area contributed by atoms with Crippen LogP contribution in [-0.4, -0.2) is 18.1 Å². The van der Waals surface area contributed by atoms with Gasteiger partial charge in [0.05, 0.1) is 12.9 Å². The van der Waals surface area contributed by atoms with Crippen LogP contribution in [0.5, 0.6) is 0 Å². The summed E-state index contributed by atoms with van der Waals surface area (Å²) in [4.78, 5) is 0. The summed E-state index contributed by atoms with van der Waals surface area (Å²) >= 11 is 2.12. The third-order valence-electron chi connectivity index (χ3n) is 3.64. The molecule has 1 aliphatic carbocycles. The van der Waals surface area contributed by atoms with E-state index in [1.54, 1.807) is 5.57 Å². The molecule has 92 valence electrons. The summed E-state index contributed by atoms with van der Waals surface area (Å²) in [5.41, 5.74) is 1.54.